The Hall–Kier alpha value is -1.40. The summed E-state index contributed by atoms with van der Waals surface area (Å²) >= 11 is 1.53. The molecule has 5 rings (SSSR count). The van der Waals surface area contributed by atoms with Gasteiger partial charge in [0.15, 0.2) is 6.10 Å². The molecule has 0 N–H and O–H groups in total. The molecule has 6 heteroatoms. The number of hydrogen-bond acceptors (Lipinski definition) is 4. The molecule has 2 aliphatic carbocycles. The standard InChI is InChI=1S/C23H32N2O3S/c1-16-9-14-29-19(16)21(26)24-12-7-18(8-13-24)25-22(27)20(28-15-17-5-6-17)23(25)10-3-2-4-11-23/h9,14,17-18,20H,2-8,10-13,15H2,1H3. The van der Waals surface area contributed by atoms with Crippen LogP contribution in [0.4, 0.5) is 0 Å². The van der Waals surface area contributed by atoms with E-state index in [0.29, 0.717) is 5.92 Å². The van der Waals surface area contributed by atoms with E-state index in [9.17, 15) is 9.59 Å². The summed E-state index contributed by atoms with van der Waals surface area (Å²) in [6, 6.07) is 2.27. The average Bonchev–Trinajstić information content (AvgIpc) is 3.47. The summed E-state index contributed by atoms with van der Waals surface area (Å²) in [5.74, 6) is 1.06. The van der Waals surface area contributed by atoms with E-state index in [4.69, 9.17) is 4.74 Å². The second-order valence-electron chi connectivity index (χ2n) is 9.49. The number of carbonyl (C=O) groups excluding carboxylic acids is 2. The summed E-state index contributed by atoms with van der Waals surface area (Å²) in [6.07, 6.45) is 9.91. The molecule has 158 valence electrons. The minimum atomic E-state index is -0.211. The minimum absolute atomic E-state index is 0.0641. The van der Waals surface area contributed by atoms with Crippen molar-refractivity contribution in [1.29, 1.82) is 0 Å². The summed E-state index contributed by atoms with van der Waals surface area (Å²) in [7, 11) is 0. The molecular weight excluding hydrogens is 384 g/mol. The molecule has 0 radical (unpaired) electrons. The lowest BCUT2D eigenvalue weighted by molar-refractivity contribution is -0.211. The Morgan fingerprint density at radius 1 is 1.17 bits per heavy atom. The van der Waals surface area contributed by atoms with Gasteiger partial charge in [-0.25, -0.2) is 0 Å². The van der Waals surface area contributed by atoms with Crippen LogP contribution in [0, 0.1) is 12.8 Å². The normalized spacial score (nSPS) is 27.3. The third kappa shape index (κ3) is 3.42. The van der Waals surface area contributed by atoms with Crippen molar-refractivity contribution in [3.8, 4) is 0 Å². The quantitative estimate of drug-likeness (QED) is 0.682. The molecule has 29 heavy (non-hydrogen) atoms. The van der Waals surface area contributed by atoms with Crippen LogP contribution in [0.15, 0.2) is 11.4 Å². The molecule has 2 saturated carbocycles. The van der Waals surface area contributed by atoms with Crippen LogP contribution in [-0.2, 0) is 9.53 Å². The summed E-state index contributed by atoms with van der Waals surface area (Å²) in [6.45, 7) is 4.26. The Labute approximate surface area is 177 Å². The van der Waals surface area contributed by atoms with Crippen LogP contribution in [0.5, 0.6) is 0 Å². The average molecular weight is 417 g/mol. The number of piperidine rings is 1. The number of nitrogens with zero attached hydrogens (tertiary/aromatic N) is 2. The molecule has 3 heterocycles. The van der Waals surface area contributed by atoms with Crippen LogP contribution in [0.1, 0.15) is 73.0 Å². The number of carbonyl (C=O) groups is 2. The summed E-state index contributed by atoms with van der Waals surface area (Å²) in [5.41, 5.74) is 1.00. The molecule has 1 spiro atoms. The molecular formula is C23H32N2O3S. The van der Waals surface area contributed by atoms with Crippen molar-refractivity contribution in [3.05, 3.63) is 21.9 Å². The number of likely N-dealkylation sites (tertiary alicyclic amines) is 2. The predicted molar refractivity (Wildman–Crippen MR) is 113 cm³/mol. The molecule has 5 nitrogen and oxygen atoms in total. The van der Waals surface area contributed by atoms with Crippen LogP contribution in [0.3, 0.4) is 0 Å². The number of rotatable bonds is 5. The van der Waals surface area contributed by atoms with E-state index in [2.05, 4.69) is 4.90 Å². The van der Waals surface area contributed by atoms with Crippen LogP contribution in [0.2, 0.25) is 0 Å². The summed E-state index contributed by atoms with van der Waals surface area (Å²) in [4.78, 5) is 31.0. The lowest BCUT2D eigenvalue weighted by atomic mass is 9.68. The fourth-order valence-electron chi connectivity index (χ4n) is 5.65. The fraction of sp³-hybridized carbons (Fsp3) is 0.739. The second kappa shape index (κ2) is 7.69. The van der Waals surface area contributed by atoms with Crippen LogP contribution >= 0.6 is 11.3 Å². The molecule has 1 unspecified atom stereocenters. The summed E-state index contributed by atoms with van der Waals surface area (Å²) < 4.78 is 6.20. The van der Waals surface area contributed by atoms with E-state index >= 15 is 0 Å². The van der Waals surface area contributed by atoms with Gasteiger partial charge in [-0.05, 0) is 68.4 Å². The van der Waals surface area contributed by atoms with Gasteiger partial charge in [-0.15, -0.1) is 11.3 Å². The van der Waals surface area contributed by atoms with Crippen molar-refractivity contribution in [2.75, 3.05) is 19.7 Å². The van der Waals surface area contributed by atoms with Gasteiger partial charge >= 0.3 is 0 Å². The molecule has 4 aliphatic rings. The number of hydrogen-bond donors (Lipinski definition) is 0. The third-order valence-corrected chi connectivity index (χ3v) is 8.52. The predicted octanol–water partition coefficient (Wildman–Crippen LogP) is 4.00. The number of thiophene rings is 1. The Kier molecular flexibility index (Phi) is 5.19. The second-order valence-corrected chi connectivity index (χ2v) is 10.4. The largest absolute Gasteiger partial charge is 0.366 e. The molecule has 0 bridgehead atoms. The van der Waals surface area contributed by atoms with Crippen molar-refractivity contribution in [1.82, 2.24) is 9.80 Å². The minimum Gasteiger partial charge on any atom is -0.366 e. The number of amides is 2. The number of β-lactam (4-membered cyclic amide) rings is 1. The zero-order valence-electron chi connectivity index (χ0n) is 17.4. The lowest BCUT2D eigenvalue weighted by Crippen LogP contribution is -2.78. The molecule has 2 saturated heterocycles. The van der Waals surface area contributed by atoms with Crippen molar-refractivity contribution in [2.45, 2.75) is 82.4 Å². The van der Waals surface area contributed by atoms with Gasteiger partial charge < -0.3 is 14.5 Å². The molecule has 2 aliphatic heterocycles. The first-order valence-electron chi connectivity index (χ1n) is 11.4. The van der Waals surface area contributed by atoms with Gasteiger partial charge in [0.2, 0.25) is 0 Å². The van der Waals surface area contributed by atoms with Crippen molar-refractivity contribution >= 4 is 23.2 Å². The number of ether oxygens (including phenoxy) is 1. The van der Waals surface area contributed by atoms with Gasteiger partial charge in [-0.2, -0.15) is 0 Å². The highest BCUT2D eigenvalue weighted by molar-refractivity contribution is 7.12. The highest BCUT2D eigenvalue weighted by Gasteiger charge is 2.62. The van der Waals surface area contributed by atoms with Gasteiger partial charge in [0.1, 0.15) is 0 Å². The first kappa shape index (κ1) is 19.6. The topological polar surface area (TPSA) is 49.9 Å². The van der Waals surface area contributed by atoms with Crippen LogP contribution in [0.25, 0.3) is 0 Å². The van der Waals surface area contributed by atoms with Crippen molar-refractivity contribution in [3.63, 3.8) is 0 Å². The Morgan fingerprint density at radius 2 is 1.90 bits per heavy atom. The maximum Gasteiger partial charge on any atom is 0.264 e. The smallest absolute Gasteiger partial charge is 0.264 e. The van der Waals surface area contributed by atoms with Crippen LogP contribution < -0.4 is 0 Å². The van der Waals surface area contributed by atoms with Gasteiger partial charge in [-0.1, -0.05) is 19.3 Å². The van der Waals surface area contributed by atoms with E-state index in [1.54, 1.807) is 0 Å². The summed E-state index contributed by atoms with van der Waals surface area (Å²) in [5, 5.41) is 1.99. The number of aryl methyl sites for hydroxylation is 1. The van der Waals surface area contributed by atoms with E-state index < -0.39 is 0 Å². The van der Waals surface area contributed by atoms with E-state index in [-0.39, 0.29) is 29.5 Å². The Balaban J connectivity index is 1.25. The van der Waals surface area contributed by atoms with Gasteiger partial charge in [-0.3, -0.25) is 9.59 Å². The first-order valence-corrected chi connectivity index (χ1v) is 12.3. The highest BCUT2D eigenvalue weighted by Crippen LogP contribution is 2.48. The Bertz CT molecular complexity index is 773. The molecule has 0 aromatic carbocycles. The zero-order chi connectivity index (χ0) is 20.0. The van der Waals surface area contributed by atoms with Gasteiger partial charge in [0, 0.05) is 19.1 Å². The first-order chi connectivity index (χ1) is 14.1. The van der Waals surface area contributed by atoms with E-state index in [1.165, 1.54) is 43.4 Å². The van der Waals surface area contributed by atoms with Gasteiger partial charge in [0.25, 0.3) is 11.8 Å². The SMILES string of the molecule is Cc1ccsc1C(=O)N1CCC(N2C(=O)C(OCC3CC3)C23CCCCC3)CC1. The molecule has 1 aromatic rings. The maximum absolute atomic E-state index is 13.1. The molecule has 1 aromatic heterocycles. The molecule has 1 atom stereocenters. The monoisotopic (exact) mass is 416 g/mol. The van der Waals surface area contributed by atoms with Crippen molar-refractivity contribution in [2.24, 2.45) is 5.92 Å². The lowest BCUT2D eigenvalue weighted by Gasteiger charge is -2.62. The zero-order valence-corrected chi connectivity index (χ0v) is 18.2. The van der Waals surface area contributed by atoms with E-state index in [0.717, 1.165) is 55.8 Å². The highest BCUT2D eigenvalue weighted by atomic mass is 32.1. The molecule has 4 fully saturated rings. The Morgan fingerprint density at radius 3 is 2.52 bits per heavy atom. The maximum atomic E-state index is 13.1. The van der Waals surface area contributed by atoms with Crippen LogP contribution in [-0.4, -0.2) is 59.0 Å². The van der Waals surface area contributed by atoms with Crippen molar-refractivity contribution < 1.29 is 14.3 Å². The fourth-order valence-corrected chi connectivity index (χ4v) is 6.54. The molecule has 2 amide bonds. The third-order valence-electron chi connectivity index (χ3n) is 7.52. The van der Waals surface area contributed by atoms with Gasteiger partial charge in [0.05, 0.1) is 17.0 Å². The van der Waals surface area contributed by atoms with E-state index in [1.807, 2.05) is 23.3 Å².